The van der Waals surface area contributed by atoms with Crippen LogP contribution >= 0.6 is 0 Å². The zero-order valence-corrected chi connectivity index (χ0v) is 11.1. The summed E-state index contributed by atoms with van der Waals surface area (Å²) in [4.78, 5) is 4.30. The molecule has 1 aromatic rings. The van der Waals surface area contributed by atoms with Crippen LogP contribution in [0.1, 0.15) is 44.9 Å². The molecular weight excluding hydrogens is 226 g/mol. The zero-order valence-electron chi connectivity index (χ0n) is 11.1. The van der Waals surface area contributed by atoms with Crippen molar-refractivity contribution in [3.63, 3.8) is 0 Å². The Morgan fingerprint density at radius 3 is 3.00 bits per heavy atom. The summed E-state index contributed by atoms with van der Waals surface area (Å²) < 4.78 is 1.93. The zero-order chi connectivity index (χ0) is 12.8. The van der Waals surface area contributed by atoms with E-state index in [2.05, 4.69) is 28.5 Å². The quantitative estimate of drug-likeness (QED) is 0.456. The van der Waals surface area contributed by atoms with Crippen LogP contribution < -0.4 is 11.3 Å². The minimum absolute atomic E-state index is 0.254. The van der Waals surface area contributed by atoms with Crippen LogP contribution in [0.3, 0.4) is 0 Å². The fraction of sp³-hybridized carbons (Fsp3) is 0.692. The SMILES string of the molecule is CCn1ncnc1CC(CC1=CCCCC1)NN. The van der Waals surface area contributed by atoms with Gasteiger partial charge in [-0.25, -0.2) is 4.98 Å². The Labute approximate surface area is 108 Å². The van der Waals surface area contributed by atoms with Gasteiger partial charge in [-0.15, -0.1) is 0 Å². The third kappa shape index (κ3) is 3.40. The first kappa shape index (κ1) is 13.2. The second kappa shape index (κ2) is 6.66. The molecule has 5 nitrogen and oxygen atoms in total. The van der Waals surface area contributed by atoms with Crippen molar-refractivity contribution < 1.29 is 0 Å². The van der Waals surface area contributed by atoms with E-state index < -0.39 is 0 Å². The highest BCUT2D eigenvalue weighted by Gasteiger charge is 2.15. The minimum atomic E-state index is 0.254. The molecule has 1 atom stereocenters. The van der Waals surface area contributed by atoms with Crippen LogP contribution in [0, 0.1) is 0 Å². The lowest BCUT2D eigenvalue weighted by atomic mass is 9.93. The van der Waals surface area contributed by atoms with Crippen molar-refractivity contribution in [3.8, 4) is 0 Å². The molecule has 0 bridgehead atoms. The third-order valence-electron chi connectivity index (χ3n) is 3.55. The van der Waals surface area contributed by atoms with E-state index in [1.807, 2.05) is 4.68 Å². The highest BCUT2D eigenvalue weighted by Crippen LogP contribution is 2.22. The maximum absolute atomic E-state index is 5.66. The van der Waals surface area contributed by atoms with Crippen LogP contribution in [-0.4, -0.2) is 20.8 Å². The summed E-state index contributed by atoms with van der Waals surface area (Å²) >= 11 is 0. The number of allylic oxidation sites excluding steroid dienone is 1. The Hall–Kier alpha value is -1.20. The second-order valence-corrected chi connectivity index (χ2v) is 4.87. The second-order valence-electron chi connectivity index (χ2n) is 4.87. The number of nitrogens with two attached hydrogens (primary N) is 1. The predicted molar refractivity (Wildman–Crippen MR) is 71.7 cm³/mol. The van der Waals surface area contributed by atoms with Crippen molar-refractivity contribution in [1.29, 1.82) is 0 Å². The van der Waals surface area contributed by atoms with Crippen molar-refractivity contribution in [3.05, 3.63) is 23.8 Å². The smallest absolute Gasteiger partial charge is 0.138 e. The van der Waals surface area contributed by atoms with Gasteiger partial charge < -0.3 is 0 Å². The molecule has 5 heteroatoms. The van der Waals surface area contributed by atoms with E-state index in [1.54, 1.807) is 6.33 Å². The van der Waals surface area contributed by atoms with Gasteiger partial charge >= 0.3 is 0 Å². The predicted octanol–water partition coefficient (Wildman–Crippen LogP) is 1.56. The van der Waals surface area contributed by atoms with Crippen molar-refractivity contribution >= 4 is 0 Å². The lowest BCUT2D eigenvalue weighted by Gasteiger charge is -2.19. The fourth-order valence-electron chi connectivity index (χ4n) is 2.53. The molecule has 0 saturated heterocycles. The Kier molecular flexibility index (Phi) is 4.90. The molecule has 0 radical (unpaired) electrons. The standard InChI is InChI=1S/C13H23N5/c1-2-18-13(15-10-16-18)9-12(17-14)8-11-6-4-3-5-7-11/h6,10,12,17H,2-5,7-9,14H2,1H3. The van der Waals surface area contributed by atoms with E-state index in [1.165, 1.54) is 31.3 Å². The number of aryl methyl sites for hydroxylation is 1. The number of rotatable bonds is 6. The van der Waals surface area contributed by atoms with Gasteiger partial charge in [-0.05, 0) is 39.0 Å². The maximum Gasteiger partial charge on any atom is 0.138 e. The Balaban J connectivity index is 1.94. The molecule has 0 saturated carbocycles. The normalized spacial score (nSPS) is 17.6. The van der Waals surface area contributed by atoms with E-state index in [0.717, 1.165) is 25.2 Å². The van der Waals surface area contributed by atoms with Crippen molar-refractivity contribution in [2.24, 2.45) is 5.84 Å². The van der Waals surface area contributed by atoms with Crippen LogP contribution in [0.25, 0.3) is 0 Å². The van der Waals surface area contributed by atoms with Gasteiger partial charge in [-0.1, -0.05) is 11.6 Å². The largest absolute Gasteiger partial charge is 0.271 e. The Morgan fingerprint density at radius 2 is 2.33 bits per heavy atom. The van der Waals surface area contributed by atoms with Crippen LogP contribution in [0.2, 0.25) is 0 Å². The van der Waals surface area contributed by atoms with Gasteiger partial charge in [0, 0.05) is 19.0 Å². The highest BCUT2D eigenvalue weighted by molar-refractivity contribution is 5.08. The number of hydrazine groups is 1. The molecule has 0 aromatic carbocycles. The Morgan fingerprint density at radius 1 is 1.44 bits per heavy atom. The van der Waals surface area contributed by atoms with Gasteiger partial charge in [0.1, 0.15) is 12.2 Å². The monoisotopic (exact) mass is 249 g/mol. The fourth-order valence-corrected chi connectivity index (χ4v) is 2.53. The number of nitrogens with one attached hydrogen (secondary N) is 1. The van der Waals surface area contributed by atoms with Gasteiger partial charge in [0.2, 0.25) is 0 Å². The number of hydrogen-bond acceptors (Lipinski definition) is 4. The van der Waals surface area contributed by atoms with Crippen LogP contribution in [0.4, 0.5) is 0 Å². The van der Waals surface area contributed by atoms with Crippen molar-refractivity contribution in [2.75, 3.05) is 0 Å². The number of hydrogen-bond donors (Lipinski definition) is 2. The first-order chi connectivity index (χ1) is 8.83. The summed E-state index contributed by atoms with van der Waals surface area (Å²) in [5.74, 6) is 6.67. The van der Waals surface area contributed by atoms with Gasteiger partial charge in [0.15, 0.2) is 0 Å². The lowest BCUT2D eigenvalue weighted by Crippen LogP contribution is -2.38. The van der Waals surface area contributed by atoms with Crippen molar-refractivity contribution in [1.82, 2.24) is 20.2 Å². The Bertz CT molecular complexity index is 396. The highest BCUT2D eigenvalue weighted by atomic mass is 15.3. The molecular formula is C13H23N5. The summed E-state index contributed by atoms with van der Waals surface area (Å²) in [7, 11) is 0. The minimum Gasteiger partial charge on any atom is -0.271 e. The van der Waals surface area contributed by atoms with Gasteiger partial charge in [-0.2, -0.15) is 5.10 Å². The molecule has 1 aromatic heterocycles. The number of nitrogens with zero attached hydrogens (tertiary/aromatic N) is 3. The first-order valence-electron chi connectivity index (χ1n) is 6.84. The number of aromatic nitrogens is 3. The summed E-state index contributed by atoms with van der Waals surface area (Å²) in [5, 5.41) is 4.19. The average Bonchev–Trinajstić information content (AvgIpc) is 2.86. The molecule has 0 fully saturated rings. The molecule has 2 rings (SSSR count). The molecule has 0 spiro atoms. The van der Waals surface area contributed by atoms with Gasteiger partial charge in [0.05, 0.1) is 0 Å². The van der Waals surface area contributed by atoms with E-state index in [9.17, 15) is 0 Å². The molecule has 0 aliphatic heterocycles. The van der Waals surface area contributed by atoms with Crippen LogP contribution in [-0.2, 0) is 13.0 Å². The molecule has 1 heterocycles. The van der Waals surface area contributed by atoms with Crippen molar-refractivity contribution in [2.45, 2.75) is 58.0 Å². The third-order valence-corrected chi connectivity index (χ3v) is 3.55. The maximum atomic E-state index is 5.66. The van der Waals surface area contributed by atoms with E-state index in [-0.39, 0.29) is 6.04 Å². The van der Waals surface area contributed by atoms with E-state index in [0.29, 0.717) is 0 Å². The molecule has 3 N–H and O–H groups in total. The van der Waals surface area contributed by atoms with Gasteiger partial charge in [0.25, 0.3) is 0 Å². The first-order valence-corrected chi connectivity index (χ1v) is 6.84. The van der Waals surface area contributed by atoms with Crippen LogP contribution in [0.15, 0.2) is 18.0 Å². The summed E-state index contributed by atoms with van der Waals surface area (Å²) in [5.41, 5.74) is 4.45. The topological polar surface area (TPSA) is 68.8 Å². The van der Waals surface area contributed by atoms with E-state index >= 15 is 0 Å². The molecule has 1 aliphatic carbocycles. The summed E-state index contributed by atoms with van der Waals surface area (Å²) in [6.07, 6.45) is 10.9. The average molecular weight is 249 g/mol. The lowest BCUT2D eigenvalue weighted by molar-refractivity contribution is 0.478. The summed E-state index contributed by atoms with van der Waals surface area (Å²) in [6.45, 7) is 2.93. The molecule has 1 unspecified atom stereocenters. The molecule has 18 heavy (non-hydrogen) atoms. The van der Waals surface area contributed by atoms with E-state index in [4.69, 9.17) is 5.84 Å². The summed E-state index contributed by atoms with van der Waals surface area (Å²) in [6, 6.07) is 0.254. The van der Waals surface area contributed by atoms with Crippen LogP contribution in [0.5, 0.6) is 0 Å². The molecule has 100 valence electrons. The molecule has 0 amide bonds. The molecule has 1 aliphatic rings. The van der Waals surface area contributed by atoms with Gasteiger partial charge in [-0.3, -0.25) is 16.0 Å².